The summed E-state index contributed by atoms with van der Waals surface area (Å²) in [6, 6.07) is 10.2. The number of hydrogen-bond donors (Lipinski definition) is 4. The number of pyridine rings is 1. The van der Waals surface area contributed by atoms with Gasteiger partial charge in [0.25, 0.3) is 11.8 Å². The molecule has 0 aliphatic rings. The van der Waals surface area contributed by atoms with Crippen molar-refractivity contribution in [1.29, 1.82) is 0 Å². The van der Waals surface area contributed by atoms with Crippen molar-refractivity contribution in [3.05, 3.63) is 118 Å². The van der Waals surface area contributed by atoms with Gasteiger partial charge in [0, 0.05) is 29.7 Å². The Morgan fingerprint density at radius 2 is 1.34 bits per heavy atom. The Bertz CT molecular complexity index is 1860. The Hall–Kier alpha value is -5.71. The SMILES string of the molecule is O=C(/C=C/c1c(F)c(F)c(F)c(F)c1F)NNC(=O)c1cc(Oc2ccc(NC(=O)Nc3ccc(Cl)c(C(F)(F)F)c3)cc2)ccn1. The van der Waals surface area contributed by atoms with Crippen LogP contribution in [-0.4, -0.2) is 22.8 Å². The molecule has 0 fully saturated rings. The average molecular weight is 686 g/mol. The Morgan fingerprint density at radius 1 is 0.745 bits per heavy atom. The van der Waals surface area contributed by atoms with Crippen LogP contribution in [-0.2, 0) is 11.0 Å². The van der Waals surface area contributed by atoms with Crippen molar-refractivity contribution in [3.8, 4) is 11.5 Å². The molecule has 0 bridgehead atoms. The number of urea groups is 1. The standard InChI is InChI=1S/C29H16ClF8N5O4/c30-19-7-3-14(11-18(19)29(36,37)38)41-28(46)40-13-1-4-15(5-2-13)47-16-9-10-39-20(12-16)27(45)43-42-21(44)8-6-17-22(31)24(33)26(35)25(34)23(17)32/h1-12H,(H,42,44)(H,43,45)(H2,40,41,46)/b8-6+. The van der Waals surface area contributed by atoms with Gasteiger partial charge in [0.05, 0.1) is 16.1 Å². The first kappa shape index (κ1) is 34.2. The second-order valence-corrected chi connectivity index (χ2v) is 9.44. The fourth-order valence-corrected chi connectivity index (χ4v) is 3.83. The number of alkyl halides is 3. The highest BCUT2D eigenvalue weighted by Gasteiger charge is 2.33. The predicted molar refractivity (Wildman–Crippen MR) is 151 cm³/mol. The van der Waals surface area contributed by atoms with Gasteiger partial charge in [-0.1, -0.05) is 11.6 Å². The number of rotatable bonds is 7. The van der Waals surface area contributed by atoms with E-state index in [-0.39, 0.29) is 28.6 Å². The van der Waals surface area contributed by atoms with Gasteiger partial charge < -0.3 is 15.4 Å². The molecule has 0 aliphatic carbocycles. The number of hydrogen-bond acceptors (Lipinski definition) is 5. The van der Waals surface area contributed by atoms with Crippen molar-refractivity contribution < 1.29 is 54.2 Å². The molecule has 244 valence electrons. The van der Waals surface area contributed by atoms with Crippen molar-refractivity contribution >= 4 is 46.9 Å². The third kappa shape index (κ3) is 8.51. The Labute approximate surface area is 263 Å². The fourth-order valence-electron chi connectivity index (χ4n) is 3.61. The van der Waals surface area contributed by atoms with Crippen LogP contribution in [0.25, 0.3) is 6.08 Å². The molecule has 0 saturated heterocycles. The number of benzene rings is 3. The van der Waals surface area contributed by atoms with Crippen LogP contribution in [0.2, 0.25) is 5.02 Å². The second-order valence-electron chi connectivity index (χ2n) is 9.04. The number of nitrogens with zero attached hydrogens (tertiary/aromatic N) is 1. The summed E-state index contributed by atoms with van der Waals surface area (Å²) >= 11 is 5.57. The summed E-state index contributed by atoms with van der Waals surface area (Å²) < 4.78 is 112. The smallest absolute Gasteiger partial charge is 0.417 e. The molecule has 0 atom stereocenters. The molecule has 0 spiro atoms. The van der Waals surface area contributed by atoms with Crippen molar-refractivity contribution in [3.63, 3.8) is 0 Å². The largest absolute Gasteiger partial charge is 0.457 e. The maximum atomic E-state index is 13.7. The van der Waals surface area contributed by atoms with Crippen LogP contribution in [0.1, 0.15) is 21.6 Å². The van der Waals surface area contributed by atoms with Gasteiger partial charge in [-0.25, -0.2) is 26.7 Å². The molecule has 1 aromatic heterocycles. The number of carbonyl (C=O) groups excluding carboxylic acids is 3. The minimum atomic E-state index is -4.72. The number of hydrazine groups is 1. The van der Waals surface area contributed by atoms with E-state index in [1.165, 1.54) is 42.6 Å². The zero-order valence-electron chi connectivity index (χ0n) is 22.9. The minimum absolute atomic E-state index is 0.0874. The summed E-state index contributed by atoms with van der Waals surface area (Å²) in [4.78, 5) is 40.4. The van der Waals surface area contributed by atoms with Gasteiger partial charge in [-0.2, -0.15) is 13.2 Å². The number of carbonyl (C=O) groups is 3. The van der Waals surface area contributed by atoms with Crippen LogP contribution in [0.5, 0.6) is 11.5 Å². The van der Waals surface area contributed by atoms with Gasteiger partial charge in [-0.05, 0) is 54.6 Å². The van der Waals surface area contributed by atoms with Crippen molar-refractivity contribution in [2.24, 2.45) is 0 Å². The van der Waals surface area contributed by atoms with E-state index in [1.54, 1.807) is 0 Å². The molecule has 0 unspecified atom stereocenters. The van der Waals surface area contributed by atoms with E-state index in [0.717, 1.165) is 12.1 Å². The van der Waals surface area contributed by atoms with Crippen LogP contribution in [0, 0.1) is 29.1 Å². The summed E-state index contributed by atoms with van der Waals surface area (Å²) in [5.74, 6) is -13.0. The van der Waals surface area contributed by atoms with Gasteiger partial charge in [0.1, 0.15) is 17.2 Å². The lowest BCUT2D eigenvalue weighted by molar-refractivity contribution is -0.137. The molecule has 0 saturated carbocycles. The van der Waals surface area contributed by atoms with Crippen LogP contribution in [0.3, 0.4) is 0 Å². The number of ether oxygens (including phenoxy) is 1. The summed E-state index contributed by atoms with van der Waals surface area (Å²) in [7, 11) is 0. The molecule has 0 radical (unpaired) electrons. The summed E-state index contributed by atoms with van der Waals surface area (Å²) in [5, 5.41) is 4.15. The molecule has 1 heterocycles. The molecule has 47 heavy (non-hydrogen) atoms. The van der Waals surface area contributed by atoms with E-state index in [1.807, 2.05) is 10.9 Å². The lowest BCUT2D eigenvalue weighted by Crippen LogP contribution is -2.41. The molecule has 9 nitrogen and oxygen atoms in total. The predicted octanol–water partition coefficient (Wildman–Crippen LogP) is 7.36. The first-order chi connectivity index (χ1) is 22.1. The van der Waals surface area contributed by atoms with Gasteiger partial charge >= 0.3 is 12.2 Å². The van der Waals surface area contributed by atoms with Gasteiger partial charge in [0.2, 0.25) is 5.82 Å². The number of amides is 4. The zero-order valence-corrected chi connectivity index (χ0v) is 23.7. The Balaban J connectivity index is 1.31. The molecular weight excluding hydrogens is 670 g/mol. The minimum Gasteiger partial charge on any atom is -0.457 e. The Morgan fingerprint density at radius 3 is 1.98 bits per heavy atom. The Kier molecular flexibility index (Phi) is 10.3. The molecule has 4 aromatic rings. The fraction of sp³-hybridized carbons (Fsp3) is 0.0345. The van der Waals surface area contributed by atoms with Gasteiger partial charge in [0.15, 0.2) is 23.3 Å². The lowest BCUT2D eigenvalue weighted by Gasteiger charge is -2.12. The normalized spacial score (nSPS) is 11.3. The number of anilines is 2. The van der Waals surface area contributed by atoms with E-state index in [4.69, 9.17) is 16.3 Å². The molecule has 3 aromatic carbocycles. The summed E-state index contributed by atoms with van der Waals surface area (Å²) in [6.45, 7) is 0. The third-order valence-electron chi connectivity index (χ3n) is 5.79. The average Bonchev–Trinajstić information content (AvgIpc) is 3.03. The molecule has 18 heteroatoms. The van der Waals surface area contributed by atoms with Crippen molar-refractivity contribution in [1.82, 2.24) is 15.8 Å². The van der Waals surface area contributed by atoms with Gasteiger partial charge in [-0.15, -0.1) is 0 Å². The summed E-state index contributed by atoms with van der Waals surface area (Å²) in [5.41, 5.74) is 1.08. The zero-order chi connectivity index (χ0) is 34.5. The number of halogens is 9. The highest BCUT2D eigenvalue weighted by atomic mass is 35.5. The number of nitrogens with one attached hydrogen (secondary N) is 4. The first-order valence-electron chi connectivity index (χ1n) is 12.6. The highest BCUT2D eigenvalue weighted by molar-refractivity contribution is 6.31. The third-order valence-corrected chi connectivity index (χ3v) is 6.12. The van der Waals surface area contributed by atoms with Crippen LogP contribution in [0.15, 0.2) is 66.9 Å². The lowest BCUT2D eigenvalue weighted by atomic mass is 10.1. The molecular formula is C29H16ClF8N5O4. The molecule has 4 rings (SSSR count). The van der Waals surface area contributed by atoms with Crippen molar-refractivity contribution in [2.45, 2.75) is 6.18 Å². The second kappa shape index (κ2) is 14.2. The van der Waals surface area contributed by atoms with Gasteiger partial charge in [-0.3, -0.25) is 25.4 Å². The molecule has 4 amide bonds. The maximum absolute atomic E-state index is 13.7. The van der Waals surface area contributed by atoms with E-state index < -0.39 is 69.3 Å². The number of aromatic nitrogens is 1. The van der Waals surface area contributed by atoms with E-state index in [9.17, 15) is 49.5 Å². The maximum Gasteiger partial charge on any atom is 0.417 e. The molecule has 4 N–H and O–H groups in total. The van der Waals surface area contributed by atoms with E-state index in [2.05, 4.69) is 15.6 Å². The van der Waals surface area contributed by atoms with E-state index in [0.29, 0.717) is 18.2 Å². The van der Waals surface area contributed by atoms with Crippen molar-refractivity contribution in [2.75, 3.05) is 10.6 Å². The van der Waals surface area contributed by atoms with Crippen LogP contribution in [0.4, 0.5) is 51.3 Å². The monoisotopic (exact) mass is 685 g/mol. The summed E-state index contributed by atoms with van der Waals surface area (Å²) in [6.07, 6.45) is -2.81. The van der Waals surface area contributed by atoms with Crippen LogP contribution < -0.4 is 26.2 Å². The van der Waals surface area contributed by atoms with E-state index >= 15 is 0 Å². The molecule has 0 aliphatic heterocycles. The quantitative estimate of drug-likeness (QED) is 0.0533. The highest BCUT2D eigenvalue weighted by Crippen LogP contribution is 2.36. The first-order valence-corrected chi connectivity index (χ1v) is 13.0. The topological polar surface area (TPSA) is 121 Å². The van der Waals surface area contributed by atoms with Crippen LogP contribution >= 0.6 is 11.6 Å².